The average Bonchev–Trinajstić information content (AvgIpc) is 1.67. The third kappa shape index (κ3) is 2.86. The van der Waals surface area contributed by atoms with E-state index in [-0.39, 0.29) is 0 Å². The van der Waals surface area contributed by atoms with Gasteiger partial charge in [0.25, 0.3) is 0 Å². The molecule has 0 aromatic heterocycles. The Labute approximate surface area is 53.8 Å². The molecule has 0 spiro atoms. The van der Waals surface area contributed by atoms with Gasteiger partial charge in [-0.2, -0.15) is 0 Å². The van der Waals surface area contributed by atoms with Crippen LogP contribution in [-0.2, 0) is 9.53 Å². The molecule has 3 heteroatoms. The molecular weight excluding hydrogens is 128 g/mol. The number of hydrogen-bond donors (Lipinski definition) is 0. The number of hydrogen-bond acceptors (Lipinski definition) is 2. The summed E-state index contributed by atoms with van der Waals surface area (Å²) in [5, 5.41) is 0. The van der Waals surface area contributed by atoms with Gasteiger partial charge in [-0.25, -0.2) is 4.79 Å². The van der Waals surface area contributed by atoms with Crippen molar-refractivity contribution in [2.45, 2.75) is 19.4 Å². The highest BCUT2D eigenvalue weighted by Gasteiger charge is 2.16. The SMILES string of the molecule is CC(C)(CCl)O[C]=O. The first kappa shape index (κ1) is 7.76. The standard InChI is InChI=1S/C5H8ClO2/c1-5(2,3-6)8-4-7/h3H2,1-2H3. The van der Waals surface area contributed by atoms with Gasteiger partial charge in [0, 0.05) is 0 Å². The van der Waals surface area contributed by atoms with Crippen LogP contribution in [-0.4, -0.2) is 18.0 Å². The zero-order valence-electron chi connectivity index (χ0n) is 4.90. The van der Waals surface area contributed by atoms with Crippen LogP contribution >= 0.6 is 11.6 Å². The van der Waals surface area contributed by atoms with Gasteiger partial charge in [-0.1, -0.05) is 0 Å². The van der Waals surface area contributed by atoms with Crippen molar-refractivity contribution in [2.24, 2.45) is 0 Å². The van der Waals surface area contributed by atoms with E-state index in [1.54, 1.807) is 13.8 Å². The highest BCUT2D eigenvalue weighted by Crippen LogP contribution is 2.08. The monoisotopic (exact) mass is 135 g/mol. The van der Waals surface area contributed by atoms with E-state index in [0.717, 1.165) is 0 Å². The highest BCUT2D eigenvalue weighted by atomic mass is 35.5. The summed E-state index contributed by atoms with van der Waals surface area (Å²) in [7, 11) is 0. The first-order chi connectivity index (χ1) is 3.62. The highest BCUT2D eigenvalue weighted by molar-refractivity contribution is 6.18. The molecule has 0 amide bonds. The van der Waals surface area contributed by atoms with Gasteiger partial charge in [0.05, 0.1) is 5.88 Å². The Hall–Kier alpha value is -0.240. The Morgan fingerprint density at radius 3 is 2.38 bits per heavy atom. The fourth-order valence-electron chi connectivity index (χ4n) is 0.140. The van der Waals surface area contributed by atoms with Crippen molar-refractivity contribution in [3.8, 4) is 0 Å². The van der Waals surface area contributed by atoms with Crippen molar-refractivity contribution < 1.29 is 9.53 Å². The molecule has 0 aliphatic heterocycles. The van der Waals surface area contributed by atoms with E-state index in [1.165, 1.54) is 6.47 Å². The topological polar surface area (TPSA) is 26.3 Å². The molecule has 47 valence electrons. The lowest BCUT2D eigenvalue weighted by Crippen LogP contribution is -2.25. The summed E-state index contributed by atoms with van der Waals surface area (Å²) in [5.41, 5.74) is -0.566. The fourth-order valence-corrected chi connectivity index (χ4v) is 0.195. The van der Waals surface area contributed by atoms with Crippen molar-refractivity contribution in [1.29, 1.82) is 0 Å². The fraction of sp³-hybridized carbons (Fsp3) is 0.800. The Morgan fingerprint density at radius 1 is 1.75 bits per heavy atom. The normalized spacial score (nSPS) is 10.9. The number of rotatable bonds is 3. The molecule has 8 heavy (non-hydrogen) atoms. The third-order valence-electron chi connectivity index (χ3n) is 0.640. The first-order valence-corrected chi connectivity index (χ1v) is 2.77. The van der Waals surface area contributed by atoms with Crippen LogP contribution < -0.4 is 0 Å². The number of alkyl halides is 1. The predicted octanol–water partition coefficient (Wildman–Crippen LogP) is 1.09. The molecule has 0 atom stereocenters. The molecule has 0 N–H and O–H groups in total. The molecule has 1 radical (unpaired) electrons. The molecule has 0 bridgehead atoms. The minimum atomic E-state index is -0.566. The summed E-state index contributed by atoms with van der Waals surface area (Å²) >= 11 is 5.37. The summed E-state index contributed by atoms with van der Waals surface area (Å²) < 4.78 is 4.44. The van der Waals surface area contributed by atoms with Gasteiger partial charge >= 0.3 is 6.47 Å². The summed E-state index contributed by atoms with van der Waals surface area (Å²) in [4.78, 5) is 9.57. The Bertz CT molecular complexity index is 80.5. The van der Waals surface area contributed by atoms with Crippen LogP contribution in [0.1, 0.15) is 13.8 Å². The molecular formula is C5H8ClO2. The summed E-state index contributed by atoms with van der Waals surface area (Å²) in [6, 6.07) is 0. The minimum Gasteiger partial charge on any atom is -0.450 e. The van der Waals surface area contributed by atoms with E-state index in [0.29, 0.717) is 5.88 Å². The second-order valence-electron chi connectivity index (χ2n) is 2.08. The number of carbonyl (C=O) groups excluding carboxylic acids is 1. The largest absolute Gasteiger partial charge is 0.450 e. The number of halogens is 1. The average molecular weight is 136 g/mol. The second kappa shape index (κ2) is 2.92. The molecule has 0 unspecified atom stereocenters. The van der Waals surface area contributed by atoms with Crippen molar-refractivity contribution >= 4 is 18.1 Å². The van der Waals surface area contributed by atoms with Gasteiger partial charge < -0.3 is 4.74 Å². The van der Waals surface area contributed by atoms with Crippen LogP contribution in [0.2, 0.25) is 0 Å². The van der Waals surface area contributed by atoms with Crippen molar-refractivity contribution in [3.05, 3.63) is 0 Å². The number of ether oxygens (including phenoxy) is 1. The molecule has 0 aromatic carbocycles. The van der Waals surface area contributed by atoms with Crippen LogP contribution in [0.15, 0.2) is 0 Å². The molecule has 2 nitrogen and oxygen atoms in total. The Balaban J connectivity index is 3.53. The van der Waals surface area contributed by atoms with Crippen molar-refractivity contribution in [1.82, 2.24) is 0 Å². The molecule has 0 aromatic rings. The van der Waals surface area contributed by atoms with Gasteiger partial charge in [-0.3, -0.25) is 0 Å². The van der Waals surface area contributed by atoms with Gasteiger partial charge in [0.2, 0.25) is 0 Å². The summed E-state index contributed by atoms with van der Waals surface area (Å²) in [6.07, 6.45) is 0. The molecule has 0 rings (SSSR count). The van der Waals surface area contributed by atoms with E-state index in [1.807, 2.05) is 0 Å². The van der Waals surface area contributed by atoms with Gasteiger partial charge in [0.15, 0.2) is 0 Å². The lowest BCUT2D eigenvalue weighted by Gasteiger charge is -2.16. The molecule has 0 aliphatic carbocycles. The maximum absolute atomic E-state index is 9.57. The van der Waals surface area contributed by atoms with Crippen LogP contribution in [0.5, 0.6) is 0 Å². The van der Waals surface area contributed by atoms with Crippen molar-refractivity contribution in [3.63, 3.8) is 0 Å². The van der Waals surface area contributed by atoms with Gasteiger partial charge in [-0.15, -0.1) is 11.6 Å². The van der Waals surface area contributed by atoms with Gasteiger partial charge in [0.1, 0.15) is 5.60 Å². The lowest BCUT2D eigenvalue weighted by molar-refractivity contribution is 0.113. The zero-order chi connectivity index (χ0) is 6.62. The lowest BCUT2D eigenvalue weighted by atomic mass is 10.2. The van der Waals surface area contributed by atoms with Gasteiger partial charge in [-0.05, 0) is 13.8 Å². The van der Waals surface area contributed by atoms with E-state index < -0.39 is 5.60 Å². The van der Waals surface area contributed by atoms with E-state index in [9.17, 15) is 4.79 Å². The molecule has 0 saturated carbocycles. The maximum atomic E-state index is 9.57. The van der Waals surface area contributed by atoms with Crippen LogP contribution in [0.25, 0.3) is 0 Å². The molecule has 0 fully saturated rings. The van der Waals surface area contributed by atoms with Crippen LogP contribution in [0.4, 0.5) is 0 Å². The second-order valence-corrected chi connectivity index (χ2v) is 2.35. The van der Waals surface area contributed by atoms with E-state index in [2.05, 4.69) is 4.74 Å². The smallest absolute Gasteiger partial charge is 0.418 e. The zero-order valence-corrected chi connectivity index (χ0v) is 5.66. The summed E-state index contributed by atoms with van der Waals surface area (Å²) in [6.45, 7) is 4.75. The Morgan fingerprint density at radius 2 is 2.25 bits per heavy atom. The van der Waals surface area contributed by atoms with E-state index >= 15 is 0 Å². The van der Waals surface area contributed by atoms with Crippen LogP contribution in [0.3, 0.4) is 0 Å². The third-order valence-corrected chi connectivity index (χ3v) is 1.28. The Kier molecular flexibility index (Phi) is 2.84. The summed E-state index contributed by atoms with van der Waals surface area (Å²) in [5.74, 6) is 0.294. The maximum Gasteiger partial charge on any atom is 0.418 e. The quantitative estimate of drug-likeness (QED) is 0.542. The predicted molar refractivity (Wildman–Crippen MR) is 31.6 cm³/mol. The molecule has 0 aliphatic rings. The minimum absolute atomic E-state index is 0.294. The van der Waals surface area contributed by atoms with Crippen molar-refractivity contribution in [2.75, 3.05) is 5.88 Å². The van der Waals surface area contributed by atoms with Crippen LogP contribution in [0, 0.1) is 0 Å². The van der Waals surface area contributed by atoms with E-state index in [4.69, 9.17) is 11.6 Å². The molecule has 0 saturated heterocycles. The first-order valence-electron chi connectivity index (χ1n) is 2.23. The molecule has 0 heterocycles.